The third-order valence-corrected chi connectivity index (χ3v) is 5.15. The molecule has 10 heteroatoms. The van der Waals surface area contributed by atoms with E-state index in [-0.39, 0.29) is 17.7 Å². The van der Waals surface area contributed by atoms with Gasteiger partial charge in [-0.1, -0.05) is 0 Å². The van der Waals surface area contributed by atoms with Gasteiger partial charge in [0, 0.05) is 31.0 Å². The molecule has 3 heterocycles. The van der Waals surface area contributed by atoms with Crippen molar-refractivity contribution in [1.82, 2.24) is 19.9 Å². The highest BCUT2D eigenvalue weighted by Gasteiger charge is 2.34. The second kappa shape index (κ2) is 8.33. The third-order valence-electron chi connectivity index (χ3n) is 5.15. The molecular weight excluding hydrogens is 396 g/mol. The quantitative estimate of drug-likeness (QED) is 0.561. The summed E-state index contributed by atoms with van der Waals surface area (Å²) in [6, 6.07) is 4.51. The fourth-order valence-electron chi connectivity index (χ4n) is 3.76. The minimum Gasteiger partial charge on any atom is -0.394 e. The van der Waals surface area contributed by atoms with Crippen LogP contribution in [0.2, 0.25) is 0 Å². The molecule has 158 valence electrons. The summed E-state index contributed by atoms with van der Waals surface area (Å²) in [5.41, 5.74) is 0.679. The average molecular weight is 417 g/mol. The van der Waals surface area contributed by atoms with Gasteiger partial charge in [0.15, 0.2) is 11.5 Å². The van der Waals surface area contributed by atoms with Gasteiger partial charge in [-0.2, -0.15) is 0 Å². The van der Waals surface area contributed by atoms with Crippen molar-refractivity contribution in [2.45, 2.75) is 25.0 Å². The van der Waals surface area contributed by atoms with Crippen LogP contribution in [0.5, 0.6) is 0 Å². The fourth-order valence-corrected chi connectivity index (χ4v) is 3.76. The van der Waals surface area contributed by atoms with Gasteiger partial charge in [0.2, 0.25) is 0 Å². The summed E-state index contributed by atoms with van der Waals surface area (Å²) >= 11 is 0. The lowest BCUT2D eigenvalue weighted by molar-refractivity contribution is 0.0803. The Morgan fingerprint density at radius 1 is 1.37 bits per heavy atom. The number of carbonyl (C=O) groups excluding carboxylic acids is 1. The Morgan fingerprint density at radius 3 is 3.00 bits per heavy atom. The van der Waals surface area contributed by atoms with E-state index in [1.54, 1.807) is 17.2 Å². The number of benzene rings is 1. The van der Waals surface area contributed by atoms with Gasteiger partial charge in [-0.05, 0) is 37.1 Å². The number of nitrogens with one attached hydrogen (secondary N) is 1. The molecule has 3 aromatic rings. The van der Waals surface area contributed by atoms with Gasteiger partial charge in [-0.15, -0.1) is 5.10 Å². The zero-order chi connectivity index (χ0) is 21.3. The van der Waals surface area contributed by atoms with E-state index in [0.717, 1.165) is 12.1 Å². The lowest BCUT2D eigenvalue weighted by Gasteiger charge is -2.26. The number of aromatic nitrogens is 3. The highest BCUT2D eigenvalue weighted by atomic mass is 19.1. The number of hydrogen-bond donors (Lipinski definition) is 3. The Labute approximate surface area is 170 Å². The largest absolute Gasteiger partial charge is 0.394 e. The molecule has 1 aliphatic rings. The molecule has 0 unspecified atom stereocenters. The second-order valence-corrected chi connectivity index (χ2v) is 7.15. The number of fused-ring (bicyclic) bond motifs is 1. The second-order valence-electron chi connectivity index (χ2n) is 7.15. The minimum absolute atomic E-state index is 0.152. The molecule has 1 aromatic carbocycles. The predicted molar refractivity (Wildman–Crippen MR) is 104 cm³/mol. The monoisotopic (exact) mass is 417 g/mol. The minimum atomic E-state index is -1.10. The SMILES string of the molecule is O=C(NC[C@@H](O)CO)c1c(N2CCC[C@@H]2c2cc(F)ccc2F)nn2cccnc12. The number of halogens is 2. The average Bonchev–Trinajstić information content (AvgIpc) is 3.37. The molecule has 2 atom stereocenters. The number of carbonyl (C=O) groups is 1. The molecule has 1 amide bonds. The van der Waals surface area contributed by atoms with Crippen LogP contribution in [-0.4, -0.2) is 56.5 Å². The molecule has 4 rings (SSSR count). The van der Waals surface area contributed by atoms with Crippen LogP contribution in [0.3, 0.4) is 0 Å². The topological polar surface area (TPSA) is 103 Å². The number of hydrogen-bond acceptors (Lipinski definition) is 6. The zero-order valence-corrected chi connectivity index (χ0v) is 16.0. The van der Waals surface area contributed by atoms with E-state index in [1.807, 2.05) is 0 Å². The van der Waals surface area contributed by atoms with Crippen molar-refractivity contribution in [2.75, 3.05) is 24.6 Å². The first-order valence-corrected chi connectivity index (χ1v) is 9.61. The van der Waals surface area contributed by atoms with Crippen LogP contribution >= 0.6 is 0 Å². The molecule has 0 spiro atoms. The molecule has 0 aliphatic carbocycles. The van der Waals surface area contributed by atoms with Crippen molar-refractivity contribution in [3.05, 3.63) is 59.4 Å². The summed E-state index contributed by atoms with van der Waals surface area (Å²) in [5, 5.41) is 25.6. The zero-order valence-electron chi connectivity index (χ0n) is 16.0. The molecule has 1 fully saturated rings. The van der Waals surface area contributed by atoms with Crippen molar-refractivity contribution in [2.24, 2.45) is 0 Å². The van der Waals surface area contributed by atoms with E-state index in [1.165, 1.54) is 16.8 Å². The number of aliphatic hydroxyl groups excluding tert-OH is 2. The van der Waals surface area contributed by atoms with Crippen LogP contribution in [0.15, 0.2) is 36.7 Å². The molecule has 2 aromatic heterocycles. The maximum absolute atomic E-state index is 14.5. The maximum atomic E-state index is 14.5. The summed E-state index contributed by atoms with van der Waals surface area (Å²) in [5.74, 6) is -1.29. The van der Waals surface area contributed by atoms with Gasteiger partial charge in [0.05, 0.1) is 18.8 Å². The first-order valence-electron chi connectivity index (χ1n) is 9.61. The summed E-state index contributed by atoms with van der Waals surface area (Å²) in [7, 11) is 0. The van der Waals surface area contributed by atoms with Gasteiger partial charge in [-0.3, -0.25) is 4.79 Å². The van der Waals surface area contributed by atoms with Gasteiger partial charge in [-0.25, -0.2) is 18.3 Å². The number of aliphatic hydroxyl groups is 2. The highest BCUT2D eigenvalue weighted by molar-refractivity contribution is 6.04. The normalized spacial score (nSPS) is 17.5. The first kappa shape index (κ1) is 20.2. The van der Waals surface area contributed by atoms with E-state index in [9.17, 15) is 18.7 Å². The smallest absolute Gasteiger partial charge is 0.259 e. The number of nitrogens with zero attached hydrogens (tertiary/aromatic N) is 4. The van der Waals surface area contributed by atoms with Crippen molar-refractivity contribution in [3.8, 4) is 0 Å². The Hall–Kier alpha value is -3.11. The van der Waals surface area contributed by atoms with E-state index >= 15 is 0 Å². The van der Waals surface area contributed by atoms with Gasteiger partial charge < -0.3 is 20.4 Å². The van der Waals surface area contributed by atoms with Gasteiger partial charge in [0.1, 0.15) is 17.2 Å². The lowest BCUT2D eigenvalue weighted by Crippen LogP contribution is -2.35. The molecular formula is C20H21F2N5O3. The lowest BCUT2D eigenvalue weighted by atomic mass is 10.0. The standard InChI is InChI=1S/C20H21F2N5O3/c21-12-4-5-15(22)14(9-12)16-3-1-7-26(16)19-17(20(30)24-10-13(29)11-28)18-23-6-2-8-27(18)25-19/h2,4-6,8-9,13,16,28-29H,1,3,7,10-11H2,(H,24,30)/t13-,16-/m1/s1. The van der Waals surface area contributed by atoms with Crippen LogP contribution in [-0.2, 0) is 0 Å². The Balaban J connectivity index is 1.76. The Morgan fingerprint density at radius 2 is 2.20 bits per heavy atom. The molecule has 0 saturated carbocycles. The summed E-state index contributed by atoms with van der Waals surface area (Å²) in [6.45, 7) is -0.141. The Kier molecular flexibility index (Phi) is 5.60. The molecule has 0 radical (unpaired) electrons. The predicted octanol–water partition coefficient (Wildman–Crippen LogP) is 1.43. The molecule has 30 heavy (non-hydrogen) atoms. The summed E-state index contributed by atoms with van der Waals surface area (Å²) in [6.07, 6.45) is 3.35. The Bertz CT molecular complexity index is 1070. The highest BCUT2D eigenvalue weighted by Crippen LogP contribution is 2.39. The van der Waals surface area contributed by atoms with E-state index in [2.05, 4.69) is 15.4 Å². The molecule has 1 aliphatic heterocycles. The van der Waals surface area contributed by atoms with Crippen molar-refractivity contribution >= 4 is 17.4 Å². The van der Waals surface area contributed by atoms with Crippen LogP contribution in [0.4, 0.5) is 14.6 Å². The van der Waals surface area contributed by atoms with Crippen molar-refractivity contribution < 1.29 is 23.8 Å². The molecule has 0 bridgehead atoms. The van der Waals surface area contributed by atoms with E-state index in [0.29, 0.717) is 30.9 Å². The van der Waals surface area contributed by atoms with Crippen molar-refractivity contribution in [3.63, 3.8) is 0 Å². The molecule has 8 nitrogen and oxygen atoms in total. The van der Waals surface area contributed by atoms with E-state index in [4.69, 9.17) is 5.11 Å². The summed E-state index contributed by atoms with van der Waals surface area (Å²) in [4.78, 5) is 18.9. The third kappa shape index (κ3) is 3.71. The van der Waals surface area contributed by atoms with E-state index < -0.39 is 36.3 Å². The number of amides is 1. The van der Waals surface area contributed by atoms with Crippen LogP contribution in [0.1, 0.15) is 34.8 Å². The van der Waals surface area contributed by atoms with Crippen LogP contribution < -0.4 is 10.2 Å². The van der Waals surface area contributed by atoms with Crippen LogP contribution in [0, 0.1) is 11.6 Å². The maximum Gasteiger partial charge on any atom is 0.259 e. The molecule has 3 N–H and O–H groups in total. The number of rotatable bonds is 6. The van der Waals surface area contributed by atoms with Gasteiger partial charge >= 0.3 is 0 Å². The fraction of sp³-hybridized carbons (Fsp3) is 0.350. The van der Waals surface area contributed by atoms with Crippen LogP contribution in [0.25, 0.3) is 5.65 Å². The number of anilines is 1. The van der Waals surface area contributed by atoms with Gasteiger partial charge in [0.25, 0.3) is 5.91 Å². The molecule has 1 saturated heterocycles. The summed E-state index contributed by atoms with van der Waals surface area (Å²) < 4.78 is 29.7. The van der Waals surface area contributed by atoms with Crippen molar-refractivity contribution in [1.29, 1.82) is 0 Å². The first-order chi connectivity index (χ1) is 14.5.